The molecule has 0 bridgehead atoms. The maximum atomic E-state index is 13.7. The Balaban J connectivity index is 0.910. The van der Waals surface area contributed by atoms with Gasteiger partial charge in [-0.3, -0.25) is 4.79 Å². The molecule has 3 N–H and O–H groups in total. The molecule has 0 saturated heterocycles. The van der Waals surface area contributed by atoms with Crippen molar-refractivity contribution in [1.29, 1.82) is 0 Å². The molecule has 3 aromatic carbocycles. The molecule has 5 aliphatic rings. The molecule has 79 heavy (non-hydrogen) atoms. The number of ether oxygens (including phenoxy) is 5. The van der Waals surface area contributed by atoms with Gasteiger partial charge in [-0.25, -0.2) is 4.79 Å². The van der Waals surface area contributed by atoms with Crippen LogP contribution in [0.1, 0.15) is 212 Å². The molecule has 0 heterocycles. The maximum Gasteiger partial charge on any atom is 0.407 e. The summed E-state index contributed by atoms with van der Waals surface area (Å²) in [5.41, 5.74) is 3.87. The number of aliphatic hydroxyl groups excluding tert-OH is 1. The van der Waals surface area contributed by atoms with Crippen molar-refractivity contribution >= 4 is 12.0 Å². The topological polar surface area (TPSA) is 125 Å². The lowest BCUT2D eigenvalue weighted by Crippen LogP contribution is -2.51. The molecule has 10 nitrogen and oxygen atoms in total. The summed E-state index contributed by atoms with van der Waals surface area (Å²) in [6, 6.07) is 26.3. The molecule has 4 fully saturated rings. The number of fused-ring (bicyclic) bond motifs is 5. The second-order valence-electron chi connectivity index (χ2n) is 25.8. The van der Waals surface area contributed by atoms with E-state index in [1.54, 1.807) is 14.2 Å². The summed E-state index contributed by atoms with van der Waals surface area (Å²) in [6.07, 6.45) is 26.7. The van der Waals surface area contributed by atoms with Gasteiger partial charge >= 0.3 is 6.09 Å². The number of carbonyl (C=O) groups excluding carboxylic acids is 2. The average molecular weight is 1090 g/mol. The van der Waals surface area contributed by atoms with Crippen LogP contribution < -0.4 is 20.1 Å². The zero-order valence-electron chi connectivity index (χ0n) is 49.8. The number of amides is 2. The van der Waals surface area contributed by atoms with Gasteiger partial charge in [-0.1, -0.05) is 171 Å². The van der Waals surface area contributed by atoms with Crippen LogP contribution >= 0.6 is 0 Å². The molecule has 0 aromatic heterocycles. The van der Waals surface area contributed by atoms with E-state index in [0.717, 1.165) is 109 Å². The van der Waals surface area contributed by atoms with Gasteiger partial charge in [0.2, 0.25) is 5.91 Å². The summed E-state index contributed by atoms with van der Waals surface area (Å²) < 4.78 is 31.1. The Bertz CT molecular complexity index is 2300. The standard InChI is InChI=1S/C69H102N2O8/c1-49(2)20-19-21-50(3)61-36-37-62-60-35-30-54-48-59(40-44-67(54,4)63(60)41-45-68(61,62)5)79-66(74)70-46-42-58(78-65(73)39-38-64(72)71-55-24-17-12-10-8-9-11-13-18-25-55)43-47-77-69(51-22-15-14-16-23-51,52-26-31-56(75-6)32-27-52)53-28-33-57(76-7)34-29-53/h14-16,22-23,26-34,49-50,55,58-63,65,73H,8-13,17-21,24-25,35-48H2,1-7H3,(H,70,74)(H,71,72)/t50-,58?,59-,60?,61?,62?,63?,65?,67-,68+/m0/s1. The van der Waals surface area contributed by atoms with E-state index in [9.17, 15) is 14.7 Å². The van der Waals surface area contributed by atoms with Crippen LogP contribution in [0.5, 0.6) is 11.5 Å². The van der Waals surface area contributed by atoms with Gasteiger partial charge in [0, 0.05) is 31.8 Å². The fourth-order valence-corrected chi connectivity index (χ4v) is 16.0. The Labute approximate surface area is 476 Å². The van der Waals surface area contributed by atoms with Gasteiger partial charge in [0.15, 0.2) is 6.29 Å². The van der Waals surface area contributed by atoms with E-state index in [1.807, 2.05) is 66.7 Å². The van der Waals surface area contributed by atoms with Crippen molar-refractivity contribution in [2.24, 2.45) is 46.3 Å². The lowest BCUT2D eigenvalue weighted by molar-refractivity contribution is -0.152. The minimum Gasteiger partial charge on any atom is -0.497 e. The number of rotatable bonds is 24. The van der Waals surface area contributed by atoms with Crippen LogP contribution in [-0.2, 0) is 24.6 Å². The number of carbonyl (C=O) groups is 2. The van der Waals surface area contributed by atoms with Gasteiger partial charge in [0.1, 0.15) is 23.2 Å². The van der Waals surface area contributed by atoms with Gasteiger partial charge < -0.3 is 39.4 Å². The number of alkyl carbamates (subject to hydrolysis) is 1. The zero-order chi connectivity index (χ0) is 55.8. The molecule has 0 radical (unpaired) electrons. The summed E-state index contributed by atoms with van der Waals surface area (Å²) in [4.78, 5) is 27.1. The predicted octanol–water partition coefficient (Wildman–Crippen LogP) is 15.8. The SMILES string of the molecule is COc1ccc(C(OCCC(CCNC(=O)O[C@H]2CC[C@@]3(C)C(=CCC4C5CCC([C@@H](C)CCCC(C)C)[C@@]5(C)CCC43)C2)OC(O)CCC(=O)NC2CCCCCCCCCC2)(c2ccccc2)c2ccc(OC)cc2)cc1. The first-order valence-electron chi connectivity index (χ1n) is 31.5. The highest BCUT2D eigenvalue weighted by Crippen LogP contribution is 2.67. The van der Waals surface area contributed by atoms with Crippen molar-refractivity contribution < 1.29 is 38.4 Å². The third-order valence-electron chi connectivity index (χ3n) is 20.4. The number of hydrogen-bond donors (Lipinski definition) is 3. The van der Waals surface area contributed by atoms with Crippen molar-refractivity contribution in [3.05, 3.63) is 107 Å². The summed E-state index contributed by atoms with van der Waals surface area (Å²) >= 11 is 0. The van der Waals surface area contributed by atoms with Crippen LogP contribution in [-0.4, -0.2) is 69.0 Å². The molecule has 2 amide bonds. The van der Waals surface area contributed by atoms with Crippen molar-refractivity contribution in [2.45, 2.75) is 225 Å². The monoisotopic (exact) mass is 1090 g/mol. The van der Waals surface area contributed by atoms with E-state index < -0.39 is 24.1 Å². The molecule has 3 aromatic rings. The Hall–Kier alpha value is -4.38. The van der Waals surface area contributed by atoms with Crippen LogP contribution in [0.4, 0.5) is 4.79 Å². The lowest BCUT2D eigenvalue weighted by atomic mass is 9.47. The molecule has 6 unspecified atom stereocenters. The summed E-state index contributed by atoms with van der Waals surface area (Å²) in [5, 5.41) is 17.9. The van der Waals surface area contributed by atoms with E-state index in [2.05, 4.69) is 63.5 Å². The maximum absolute atomic E-state index is 13.7. The predicted molar refractivity (Wildman–Crippen MR) is 317 cm³/mol. The molecule has 436 valence electrons. The van der Waals surface area contributed by atoms with Crippen molar-refractivity contribution in [2.75, 3.05) is 27.4 Å². The van der Waals surface area contributed by atoms with Gasteiger partial charge in [-0.15, -0.1) is 0 Å². The van der Waals surface area contributed by atoms with Gasteiger partial charge in [-0.05, 0) is 158 Å². The Morgan fingerprint density at radius 1 is 0.696 bits per heavy atom. The molecular weight excluding hydrogens is 985 g/mol. The summed E-state index contributed by atoms with van der Waals surface area (Å²) in [5.74, 6) is 6.14. The Morgan fingerprint density at radius 3 is 1.96 bits per heavy atom. The average Bonchev–Trinajstić information content (AvgIpc) is 3.56. The third kappa shape index (κ3) is 15.4. The minimum atomic E-state index is -1.19. The highest BCUT2D eigenvalue weighted by molar-refractivity contribution is 5.76. The second-order valence-corrected chi connectivity index (χ2v) is 25.8. The van der Waals surface area contributed by atoms with Crippen LogP contribution in [0.25, 0.3) is 0 Å². The van der Waals surface area contributed by atoms with E-state index in [0.29, 0.717) is 24.2 Å². The minimum absolute atomic E-state index is 0.0492. The van der Waals surface area contributed by atoms with Crippen LogP contribution in [0.15, 0.2) is 90.5 Å². The van der Waals surface area contributed by atoms with Crippen molar-refractivity contribution in [3.8, 4) is 11.5 Å². The first-order chi connectivity index (χ1) is 38.2. The van der Waals surface area contributed by atoms with Crippen molar-refractivity contribution in [3.63, 3.8) is 0 Å². The normalized spacial score (nSPS) is 26.9. The van der Waals surface area contributed by atoms with E-state index in [-0.39, 0.29) is 49.5 Å². The largest absolute Gasteiger partial charge is 0.497 e. The van der Waals surface area contributed by atoms with Crippen LogP contribution in [0.2, 0.25) is 0 Å². The highest BCUT2D eigenvalue weighted by Gasteiger charge is 2.59. The second kappa shape index (κ2) is 29.0. The number of methoxy groups -OCH3 is 2. The third-order valence-corrected chi connectivity index (χ3v) is 20.4. The van der Waals surface area contributed by atoms with Gasteiger partial charge in [0.05, 0.1) is 26.9 Å². The highest BCUT2D eigenvalue weighted by atomic mass is 16.6. The fourth-order valence-electron chi connectivity index (χ4n) is 16.0. The summed E-state index contributed by atoms with van der Waals surface area (Å²) in [7, 11) is 3.32. The zero-order valence-corrected chi connectivity index (χ0v) is 49.8. The number of nitrogens with one attached hydrogen (secondary N) is 2. The Kier molecular flexibility index (Phi) is 22.3. The van der Waals surface area contributed by atoms with Crippen LogP contribution in [0, 0.1) is 46.3 Å². The number of aliphatic hydroxyl groups is 1. The quantitative estimate of drug-likeness (QED) is 0.0460. The van der Waals surface area contributed by atoms with Crippen LogP contribution in [0.3, 0.4) is 0 Å². The van der Waals surface area contributed by atoms with Crippen molar-refractivity contribution in [1.82, 2.24) is 10.6 Å². The smallest absolute Gasteiger partial charge is 0.407 e. The lowest BCUT2D eigenvalue weighted by Gasteiger charge is -2.58. The first kappa shape index (κ1) is 60.7. The molecule has 10 heteroatoms. The molecule has 0 spiro atoms. The molecule has 5 aliphatic carbocycles. The van der Waals surface area contributed by atoms with Gasteiger partial charge in [-0.2, -0.15) is 0 Å². The fraction of sp³-hybridized carbons (Fsp3) is 0.681. The van der Waals surface area contributed by atoms with E-state index in [4.69, 9.17) is 23.7 Å². The summed E-state index contributed by atoms with van der Waals surface area (Å²) in [6.45, 7) is 13.0. The number of hydrogen-bond acceptors (Lipinski definition) is 8. The Morgan fingerprint density at radius 2 is 1.33 bits per heavy atom. The van der Waals surface area contributed by atoms with Gasteiger partial charge in [0.25, 0.3) is 0 Å². The molecule has 4 saturated carbocycles. The van der Waals surface area contributed by atoms with E-state index in [1.165, 1.54) is 89.0 Å². The molecule has 0 aliphatic heterocycles. The number of benzene rings is 3. The van der Waals surface area contributed by atoms with E-state index >= 15 is 0 Å². The molecule has 10 atom stereocenters. The number of allylic oxidation sites excluding steroid dienone is 1. The molecular formula is C69H102N2O8. The first-order valence-corrected chi connectivity index (χ1v) is 31.5. The molecule has 8 rings (SSSR count).